The van der Waals surface area contributed by atoms with Crippen molar-refractivity contribution >= 4 is 12.9 Å². The molecule has 5 heteroatoms. The van der Waals surface area contributed by atoms with Crippen LogP contribution in [-0.2, 0) is 4.57 Å². The van der Waals surface area contributed by atoms with Crippen LogP contribution in [0.2, 0.25) is 0 Å². The number of rotatable bonds is 5. The summed E-state index contributed by atoms with van der Waals surface area (Å²) in [5, 5.41) is 0.211. The lowest BCUT2D eigenvalue weighted by Crippen LogP contribution is -2.08. The zero-order valence-electron chi connectivity index (χ0n) is 13.1. The van der Waals surface area contributed by atoms with Gasteiger partial charge in [0, 0.05) is 0 Å². The fourth-order valence-corrected chi connectivity index (χ4v) is 3.16. The summed E-state index contributed by atoms with van der Waals surface area (Å²) in [6.07, 6.45) is 0. The molecule has 0 aliphatic heterocycles. The Bertz CT molecular complexity index is 843. The fraction of sp³-hybridized carbons (Fsp3) is 0.0526. The van der Waals surface area contributed by atoms with Gasteiger partial charge in [-0.05, 0) is 55.5 Å². The lowest BCUT2D eigenvalue weighted by molar-refractivity contribution is 0.393. The molecule has 1 atom stereocenters. The number of benzene rings is 3. The van der Waals surface area contributed by atoms with Crippen molar-refractivity contribution < 1.29 is 18.7 Å². The quantitative estimate of drug-likeness (QED) is 0.685. The minimum absolute atomic E-state index is 0.211. The Morgan fingerprint density at radius 1 is 0.750 bits per heavy atom. The maximum Gasteiger partial charge on any atom is 0.408 e. The average Bonchev–Trinajstić information content (AvgIpc) is 2.58. The summed E-state index contributed by atoms with van der Waals surface area (Å²) in [5.74, 6) is 1.65. The molecule has 3 rings (SSSR count). The highest BCUT2D eigenvalue weighted by molar-refractivity contribution is 7.61. The molecule has 1 N–H and O–H groups in total. The molecule has 3 aromatic carbocycles. The Labute approximate surface area is 140 Å². The van der Waals surface area contributed by atoms with Gasteiger partial charge in [0.1, 0.15) is 17.2 Å². The minimum Gasteiger partial charge on any atom is -0.457 e. The first-order valence-electron chi connectivity index (χ1n) is 7.45. The first-order valence-corrected chi connectivity index (χ1v) is 9.03. The Balaban J connectivity index is 1.73. The van der Waals surface area contributed by atoms with Gasteiger partial charge in [0.25, 0.3) is 0 Å². The van der Waals surface area contributed by atoms with E-state index >= 15 is 0 Å². The summed E-state index contributed by atoms with van der Waals surface area (Å²) >= 11 is 0. The minimum atomic E-state index is -3.93. The van der Waals surface area contributed by atoms with Gasteiger partial charge in [0.15, 0.2) is 0 Å². The maximum atomic E-state index is 12.4. The maximum absolute atomic E-state index is 12.4. The van der Waals surface area contributed by atoms with E-state index in [9.17, 15) is 9.46 Å². The van der Waals surface area contributed by atoms with Gasteiger partial charge in [-0.1, -0.05) is 35.9 Å². The van der Waals surface area contributed by atoms with Crippen LogP contribution < -0.4 is 14.6 Å². The zero-order valence-corrected chi connectivity index (χ0v) is 14.0. The van der Waals surface area contributed by atoms with Crippen LogP contribution in [0.15, 0.2) is 78.9 Å². The number of aryl methyl sites for hydroxylation is 1. The van der Waals surface area contributed by atoms with E-state index in [2.05, 4.69) is 0 Å². The molecule has 4 nitrogen and oxygen atoms in total. The molecule has 0 amide bonds. The molecule has 3 aromatic rings. The van der Waals surface area contributed by atoms with E-state index < -0.39 is 7.60 Å². The van der Waals surface area contributed by atoms with E-state index in [1.54, 1.807) is 36.4 Å². The molecule has 0 bridgehead atoms. The van der Waals surface area contributed by atoms with Crippen molar-refractivity contribution in [1.29, 1.82) is 0 Å². The summed E-state index contributed by atoms with van der Waals surface area (Å²) in [6.45, 7) is 2.00. The van der Waals surface area contributed by atoms with E-state index in [-0.39, 0.29) is 5.30 Å². The van der Waals surface area contributed by atoms with Gasteiger partial charge < -0.3 is 14.2 Å². The first kappa shape index (κ1) is 16.3. The van der Waals surface area contributed by atoms with Crippen LogP contribution in [-0.4, -0.2) is 4.89 Å². The van der Waals surface area contributed by atoms with Crippen molar-refractivity contribution in [3.8, 4) is 17.2 Å². The molecule has 122 valence electrons. The number of para-hydroxylation sites is 1. The van der Waals surface area contributed by atoms with Crippen LogP contribution in [0.5, 0.6) is 17.2 Å². The van der Waals surface area contributed by atoms with Crippen molar-refractivity contribution in [2.75, 3.05) is 0 Å². The normalized spacial score (nSPS) is 13.1. The van der Waals surface area contributed by atoms with Crippen molar-refractivity contribution in [3.05, 3.63) is 84.4 Å². The van der Waals surface area contributed by atoms with Gasteiger partial charge in [-0.25, -0.2) is 4.57 Å². The van der Waals surface area contributed by atoms with E-state index in [4.69, 9.17) is 9.26 Å². The molecule has 1 unspecified atom stereocenters. The highest BCUT2D eigenvalue weighted by Crippen LogP contribution is 2.41. The summed E-state index contributed by atoms with van der Waals surface area (Å²) in [5.41, 5.74) is 1.15. The SMILES string of the molecule is Cc1ccc(Oc2ccc(P(=O)(O)Oc3ccccc3)cc2)cc1. The number of hydrogen-bond acceptors (Lipinski definition) is 3. The van der Waals surface area contributed by atoms with E-state index in [1.807, 2.05) is 37.3 Å². The smallest absolute Gasteiger partial charge is 0.408 e. The molecule has 0 radical (unpaired) electrons. The number of hydrogen-bond donors (Lipinski definition) is 1. The third-order valence-electron chi connectivity index (χ3n) is 3.39. The first-order chi connectivity index (χ1) is 11.5. The van der Waals surface area contributed by atoms with E-state index in [1.165, 1.54) is 12.1 Å². The Kier molecular flexibility index (Phi) is 4.70. The van der Waals surface area contributed by atoms with Gasteiger partial charge in [0.05, 0.1) is 5.30 Å². The molecule has 0 saturated heterocycles. The molecule has 24 heavy (non-hydrogen) atoms. The molecule has 0 aliphatic rings. The Morgan fingerprint density at radius 2 is 1.29 bits per heavy atom. The van der Waals surface area contributed by atoms with Crippen molar-refractivity contribution in [2.45, 2.75) is 6.92 Å². The predicted molar refractivity (Wildman–Crippen MR) is 94.2 cm³/mol. The monoisotopic (exact) mass is 340 g/mol. The summed E-state index contributed by atoms with van der Waals surface area (Å²) in [6, 6.07) is 22.6. The second-order valence-corrected chi connectivity index (χ2v) is 7.07. The highest BCUT2D eigenvalue weighted by Gasteiger charge is 2.24. The molecule has 0 aromatic heterocycles. The standard InChI is InChI=1S/C19H17O4P/c1-15-7-9-16(10-8-15)22-17-11-13-19(14-12-17)24(20,21)23-18-5-3-2-4-6-18/h2-14H,1H3,(H,20,21). The van der Waals surface area contributed by atoms with Crippen molar-refractivity contribution in [1.82, 2.24) is 0 Å². The molecular weight excluding hydrogens is 323 g/mol. The van der Waals surface area contributed by atoms with Gasteiger partial charge in [-0.2, -0.15) is 0 Å². The second-order valence-electron chi connectivity index (χ2n) is 5.33. The van der Waals surface area contributed by atoms with Crippen LogP contribution in [0.1, 0.15) is 5.56 Å². The van der Waals surface area contributed by atoms with Crippen LogP contribution in [0.3, 0.4) is 0 Å². The predicted octanol–water partition coefficient (Wildman–Crippen LogP) is 4.68. The molecule has 0 fully saturated rings. The van der Waals surface area contributed by atoms with E-state index in [0.717, 1.165) is 5.56 Å². The number of ether oxygens (including phenoxy) is 1. The van der Waals surface area contributed by atoms with Gasteiger partial charge in [-0.3, -0.25) is 0 Å². The lowest BCUT2D eigenvalue weighted by atomic mass is 10.2. The summed E-state index contributed by atoms with van der Waals surface area (Å²) < 4.78 is 23.3. The highest BCUT2D eigenvalue weighted by atomic mass is 31.2. The molecule has 0 spiro atoms. The third-order valence-corrected chi connectivity index (χ3v) is 4.80. The molecular formula is C19H17O4P. The molecule has 0 aliphatic carbocycles. The average molecular weight is 340 g/mol. The summed E-state index contributed by atoms with van der Waals surface area (Å²) in [4.78, 5) is 10.1. The van der Waals surface area contributed by atoms with Crippen LogP contribution >= 0.6 is 7.60 Å². The zero-order chi connectivity index (χ0) is 17.0. The lowest BCUT2D eigenvalue weighted by Gasteiger charge is -2.14. The fourth-order valence-electron chi connectivity index (χ4n) is 2.12. The Morgan fingerprint density at radius 3 is 1.88 bits per heavy atom. The molecule has 0 saturated carbocycles. The van der Waals surface area contributed by atoms with Crippen LogP contribution in [0.25, 0.3) is 0 Å². The van der Waals surface area contributed by atoms with Crippen molar-refractivity contribution in [2.24, 2.45) is 0 Å². The van der Waals surface area contributed by atoms with Gasteiger partial charge in [-0.15, -0.1) is 0 Å². The van der Waals surface area contributed by atoms with Crippen LogP contribution in [0.4, 0.5) is 0 Å². The molecule has 0 heterocycles. The van der Waals surface area contributed by atoms with Crippen LogP contribution in [0, 0.1) is 6.92 Å². The van der Waals surface area contributed by atoms with E-state index in [0.29, 0.717) is 17.2 Å². The van der Waals surface area contributed by atoms with Gasteiger partial charge >= 0.3 is 7.60 Å². The second kappa shape index (κ2) is 6.91. The third kappa shape index (κ3) is 4.05. The topological polar surface area (TPSA) is 55.8 Å². The largest absolute Gasteiger partial charge is 0.457 e. The van der Waals surface area contributed by atoms with Crippen molar-refractivity contribution in [3.63, 3.8) is 0 Å². The van der Waals surface area contributed by atoms with Gasteiger partial charge in [0.2, 0.25) is 0 Å². The Hall–Kier alpha value is -2.55. The summed E-state index contributed by atoms with van der Waals surface area (Å²) in [7, 11) is -3.93.